The normalized spacial score (nSPS) is 18.7. The second-order valence-electron chi connectivity index (χ2n) is 10.3. The van der Waals surface area contributed by atoms with Crippen LogP contribution < -0.4 is 9.47 Å². The standard InChI is InChI=1S/C33H36N2O6/c36-32(41-29-12-5-2-6-13-29)24-39-31-21-34-19-18-30(31)26-14-16-28(17-15-26)38-23-27-11-7-8-20-35(27)33(37)40-22-25-9-3-1-4-10-25/h1-6,9-10,12-14,18-19,21,27-28H,7-8,11,15-17,20,22-24H2. The number of hydrogen-bond donors (Lipinski definition) is 0. The SMILES string of the molecule is O=C(COc1cnccc1C1=CCC(OCC2CCCCN2C(=O)OCc2ccccc2)CC1)Oc1ccccc1. The lowest BCUT2D eigenvalue weighted by atomic mass is 9.92. The molecule has 1 aliphatic carbocycles. The molecule has 2 atom stereocenters. The fourth-order valence-corrected chi connectivity index (χ4v) is 5.22. The molecule has 1 fully saturated rings. The van der Waals surface area contributed by atoms with Gasteiger partial charge in [-0.3, -0.25) is 4.98 Å². The van der Waals surface area contributed by atoms with Crippen LogP contribution in [0.25, 0.3) is 5.57 Å². The van der Waals surface area contributed by atoms with Gasteiger partial charge in [-0.2, -0.15) is 0 Å². The van der Waals surface area contributed by atoms with Gasteiger partial charge in [0.25, 0.3) is 0 Å². The molecule has 5 rings (SSSR count). The van der Waals surface area contributed by atoms with Crippen molar-refractivity contribution in [1.82, 2.24) is 9.88 Å². The molecule has 1 amide bonds. The number of benzene rings is 2. The fraction of sp³-hybridized carbons (Fsp3) is 0.364. The summed E-state index contributed by atoms with van der Waals surface area (Å²) >= 11 is 0. The zero-order valence-corrected chi connectivity index (χ0v) is 23.2. The lowest BCUT2D eigenvalue weighted by molar-refractivity contribution is -0.136. The van der Waals surface area contributed by atoms with Crippen molar-refractivity contribution in [3.63, 3.8) is 0 Å². The Morgan fingerprint density at radius 3 is 2.54 bits per heavy atom. The molecule has 8 nitrogen and oxygen atoms in total. The van der Waals surface area contributed by atoms with Gasteiger partial charge in [0.05, 0.1) is 24.9 Å². The quantitative estimate of drug-likeness (QED) is 0.217. The van der Waals surface area contributed by atoms with Gasteiger partial charge in [-0.15, -0.1) is 0 Å². The van der Waals surface area contributed by atoms with Crippen molar-refractivity contribution in [3.05, 3.63) is 96.3 Å². The highest BCUT2D eigenvalue weighted by molar-refractivity contribution is 5.75. The summed E-state index contributed by atoms with van der Waals surface area (Å²) in [4.78, 5) is 31.1. The third-order valence-corrected chi connectivity index (χ3v) is 7.40. The number of carbonyl (C=O) groups excluding carboxylic acids is 2. The Bertz CT molecular complexity index is 1310. The molecule has 0 saturated carbocycles. The summed E-state index contributed by atoms with van der Waals surface area (Å²) in [5, 5.41) is 0. The van der Waals surface area contributed by atoms with E-state index in [1.165, 1.54) is 0 Å². The Morgan fingerprint density at radius 1 is 0.951 bits per heavy atom. The van der Waals surface area contributed by atoms with Crippen LogP contribution in [0.3, 0.4) is 0 Å². The third kappa shape index (κ3) is 8.17. The molecule has 0 spiro atoms. The van der Waals surface area contributed by atoms with Crippen LogP contribution in [0.15, 0.2) is 85.2 Å². The number of pyridine rings is 1. The summed E-state index contributed by atoms with van der Waals surface area (Å²) in [6, 6.07) is 20.6. The summed E-state index contributed by atoms with van der Waals surface area (Å²) in [5.41, 5.74) is 3.04. The molecule has 0 bridgehead atoms. The van der Waals surface area contributed by atoms with Crippen molar-refractivity contribution < 1.29 is 28.5 Å². The van der Waals surface area contributed by atoms with Crippen molar-refractivity contribution in [1.29, 1.82) is 0 Å². The van der Waals surface area contributed by atoms with Crippen LogP contribution in [0.2, 0.25) is 0 Å². The Balaban J connectivity index is 1.11. The smallest absolute Gasteiger partial charge is 0.410 e. The zero-order valence-electron chi connectivity index (χ0n) is 23.2. The molecule has 2 unspecified atom stereocenters. The highest BCUT2D eigenvalue weighted by Gasteiger charge is 2.29. The van der Waals surface area contributed by atoms with Crippen molar-refractivity contribution >= 4 is 17.6 Å². The third-order valence-electron chi connectivity index (χ3n) is 7.40. The van der Waals surface area contributed by atoms with E-state index >= 15 is 0 Å². The van der Waals surface area contributed by atoms with Gasteiger partial charge in [-0.25, -0.2) is 9.59 Å². The number of rotatable bonds is 10. The molecule has 2 aliphatic rings. The van der Waals surface area contributed by atoms with E-state index in [4.69, 9.17) is 18.9 Å². The number of carbonyl (C=O) groups is 2. The van der Waals surface area contributed by atoms with E-state index in [2.05, 4.69) is 11.1 Å². The molecule has 0 N–H and O–H groups in total. The minimum atomic E-state index is -0.474. The molecule has 214 valence electrons. The molecule has 41 heavy (non-hydrogen) atoms. The maximum Gasteiger partial charge on any atom is 0.410 e. The molecule has 1 saturated heterocycles. The Labute approximate surface area is 240 Å². The zero-order chi connectivity index (χ0) is 28.3. The number of piperidine rings is 1. The van der Waals surface area contributed by atoms with Gasteiger partial charge < -0.3 is 23.8 Å². The fourth-order valence-electron chi connectivity index (χ4n) is 5.22. The number of hydrogen-bond acceptors (Lipinski definition) is 7. The number of likely N-dealkylation sites (tertiary alicyclic amines) is 1. The van der Waals surface area contributed by atoms with E-state index < -0.39 is 5.97 Å². The molecule has 2 heterocycles. The van der Waals surface area contributed by atoms with Crippen LogP contribution in [-0.2, 0) is 20.9 Å². The number of aromatic nitrogens is 1. The van der Waals surface area contributed by atoms with Gasteiger partial charge in [0.1, 0.15) is 18.1 Å². The maximum atomic E-state index is 12.8. The summed E-state index contributed by atoms with van der Waals surface area (Å²) in [6.07, 6.45) is 10.7. The van der Waals surface area contributed by atoms with E-state index in [1.807, 2.05) is 59.5 Å². The Morgan fingerprint density at radius 2 is 1.76 bits per heavy atom. The van der Waals surface area contributed by atoms with Crippen LogP contribution in [-0.4, -0.2) is 53.9 Å². The summed E-state index contributed by atoms with van der Waals surface area (Å²) in [5.74, 6) is 0.557. The Kier molecular flexibility index (Phi) is 10.0. The molecule has 1 aliphatic heterocycles. The molecular formula is C33H36N2O6. The number of allylic oxidation sites excluding steroid dienone is 1. The largest absolute Gasteiger partial charge is 0.480 e. The predicted molar refractivity (Wildman–Crippen MR) is 154 cm³/mol. The van der Waals surface area contributed by atoms with Crippen molar-refractivity contribution in [2.75, 3.05) is 19.8 Å². The number of nitrogens with zero attached hydrogens (tertiary/aromatic N) is 2. The number of esters is 1. The first-order chi connectivity index (χ1) is 20.2. The average molecular weight is 557 g/mol. The van der Waals surface area contributed by atoms with Crippen LogP contribution >= 0.6 is 0 Å². The van der Waals surface area contributed by atoms with Crippen LogP contribution in [0.1, 0.15) is 49.7 Å². The van der Waals surface area contributed by atoms with Gasteiger partial charge in [-0.1, -0.05) is 54.6 Å². The highest BCUT2D eigenvalue weighted by Crippen LogP contribution is 2.33. The number of ether oxygens (including phenoxy) is 4. The second-order valence-corrected chi connectivity index (χ2v) is 10.3. The number of para-hydroxylation sites is 1. The van der Waals surface area contributed by atoms with Crippen molar-refractivity contribution in [3.8, 4) is 11.5 Å². The summed E-state index contributed by atoms with van der Waals surface area (Å²) in [7, 11) is 0. The maximum absolute atomic E-state index is 12.8. The van der Waals surface area contributed by atoms with Crippen LogP contribution in [0, 0.1) is 0 Å². The topological polar surface area (TPSA) is 87.2 Å². The highest BCUT2D eigenvalue weighted by atomic mass is 16.6. The second kappa shape index (κ2) is 14.5. The van der Waals surface area contributed by atoms with Crippen molar-refractivity contribution in [2.45, 2.75) is 57.3 Å². The van der Waals surface area contributed by atoms with Gasteiger partial charge in [0.15, 0.2) is 6.61 Å². The molecule has 3 aromatic rings. The van der Waals surface area contributed by atoms with Gasteiger partial charge in [-0.05, 0) is 67.9 Å². The van der Waals surface area contributed by atoms with E-state index in [1.54, 1.807) is 24.5 Å². The monoisotopic (exact) mass is 556 g/mol. The van der Waals surface area contributed by atoms with Crippen molar-refractivity contribution in [2.24, 2.45) is 0 Å². The molecule has 2 aromatic carbocycles. The van der Waals surface area contributed by atoms with E-state index in [-0.39, 0.29) is 31.5 Å². The summed E-state index contributed by atoms with van der Waals surface area (Å²) < 4.78 is 23.0. The average Bonchev–Trinajstić information content (AvgIpc) is 3.03. The lowest BCUT2D eigenvalue weighted by Crippen LogP contribution is -2.46. The Hall–Kier alpha value is -4.17. The molecular weight excluding hydrogens is 520 g/mol. The minimum Gasteiger partial charge on any atom is -0.480 e. The summed E-state index contributed by atoms with van der Waals surface area (Å²) in [6.45, 7) is 1.26. The first-order valence-corrected chi connectivity index (χ1v) is 14.3. The van der Waals surface area contributed by atoms with Gasteiger partial charge in [0, 0.05) is 18.3 Å². The lowest BCUT2D eigenvalue weighted by Gasteiger charge is -2.36. The first-order valence-electron chi connectivity index (χ1n) is 14.3. The minimum absolute atomic E-state index is 0.0215. The number of amides is 1. The van der Waals surface area contributed by atoms with Gasteiger partial charge in [0.2, 0.25) is 0 Å². The molecule has 8 heteroatoms. The molecule has 1 aromatic heterocycles. The van der Waals surface area contributed by atoms with E-state index in [0.29, 0.717) is 24.7 Å². The van der Waals surface area contributed by atoms with Crippen LogP contribution in [0.5, 0.6) is 11.5 Å². The van der Waals surface area contributed by atoms with E-state index in [0.717, 1.165) is 55.2 Å². The van der Waals surface area contributed by atoms with Gasteiger partial charge >= 0.3 is 12.1 Å². The predicted octanol–water partition coefficient (Wildman–Crippen LogP) is 6.21. The van der Waals surface area contributed by atoms with Crippen LogP contribution in [0.4, 0.5) is 4.79 Å². The first kappa shape index (κ1) is 28.4. The molecule has 0 radical (unpaired) electrons. The van der Waals surface area contributed by atoms with E-state index in [9.17, 15) is 9.59 Å².